The number of nitrogens with one attached hydrogen (secondary N) is 2. The molecule has 0 radical (unpaired) electrons. The summed E-state index contributed by atoms with van der Waals surface area (Å²) in [6.07, 6.45) is 0.820. The second kappa shape index (κ2) is 8.44. The minimum Gasteiger partial charge on any atom is -0.459 e. The molecule has 0 saturated carbocycles. The van der Waals surface area contributed by atoms with E-state index in [1.807, 2.05) is 37.3 Å². The van der Waals surface area contributed by atoms with Gasteiger partial charge in [0, 0.05) is 24.7 Å². The van der Waals surface area contributed by atoms with Crippen molar-refractivity contribution in [3.8, 4) is 0 Å². The molecule has 2 atom stereocenters. The summed E-state index contributed by atoms with van der Waals surface area (Å²) in [6.45, 7) is 2.54. The molecule has 3 rings (SSSR count). The van der Waals surface area contributed by atoms with Gasteiger partial charge in [0.15, 0.2) is 5.96 Å². The van der Waals surface area contributed by atoms with Crippen LogP contribution in [0.3, 0.4) is 0 Å². The maximum Gasteiger partial charge on any atom is 0.191 e. The third-order valence-electron chi connectivity index (χ3n) is 4.12. The molecule has 1 fully saturated rings. The van der Waals surface area contributed by atoms with E-state index in [0.29, 0.717) is 12.5 Å². The lowest BCUT2D eigenvalue weighted by Crippen LogP contribution is -2.47. The minimum atomic E-state index is -0.634. The van der Waals surface area contributed by atoms with Crippen LogP contribution in [0.1, 0.15) is 25.1 Å². The van der Waals surface area contributed by atoms with Crippen LogP contribution < -0.4 is 10.6 Å². The normalized spacial score (nSPS) is 22.2. The van der Waals surface area contributed by atoms with Crippen molar-refractivity contribution < 1.29 is 9.52 Å². The van der Waals surface area contributed by atoms with Gasteiger partial charge in [-0.25, -0.2) is 0 Å². The number of thioether (sulfide) groups is 1. The van der Waals surface area contributed by atoms with E-state index in [9.17, 15) is 5.11 Å². The zero-order valence-electron chi connectivity index (χ0n) is 13.9. The Balaban J connectivity index is 0.00000208. The van der Waals surface area contributed by atoms with Gasteiger partial charge in [-0.3, -0.25) is 4.99 Å². The molecule has 132 valence electrons. The third-order valence-corrected chi connectivity index (χ3v) is 5.35. The van der Waals surface area contributed by atoms with Crippen LogP contribution >= 0.6 is 35.7 Å². The van der Waals surface area contributed by atoms with Crippen molar-refractivity contribution in [2.45, 2.75) is 25.0 Å². The molecule has 1 aliphatic heterocycles. The van der Waals surface area contributed by atoms with Crippen molar-refractivity contribution in [2.75, 3.05) is 25.1 Å². The van der Waals surface area contributed by atoms with Crippen LogP contribution in [-0.4, -0.2) is 41.8 Å². The SMILES string of the molecule is CN=C(NCC1(O)CCSC1)NC(C)c1cc2ccccc2o1.I. The Kier molecular flexibility index (Phi) is 6.82. The summed E-state index contributed by atoms with van der Waals surface area (Å²) in [7, 11) is 1.73. The molecule has 24 heavy (non-hydrogen) atoms. The Morgan fingerprint density at radius 3 is 2.92 bits per heavy atom. The molecule has 2 heterocycles. The highest BCUT2D eigenvalue weighted by molar-refractivity contribution is 14.0. The lowest BCUT2D eigenvalue weighted by molar-refractivity contribution is 0.0724. The number of aliphatic imine (C=N–C) groups is 1. The maximum atomic E-state index is 10.4. The zero-order chi connectivity index (χ0) is 16.3. The Morgan fingerprint density at radius 2 is 2.25 bits per heavy atom. The minimum absolute atomic E-state index is 0. The summed E-state index contributed by atoms with van der Waals surface area (Å²) in [6, 6.07) is 10.00. The van der Waals surface area contributed by atoms with Gasteiger partial charge < -0.3 is 20.2 Å². The molecular weight excluding hydrogens is 437 g/mol. The number of guanidine groups is 1. The number of furan rings is 1. The van der Waals surface area contributed by atoms with Crippen LogP contribution in [0.25, 0.3) is 11.0 Å². The van der Waals surface area contributed by atoms with E-state index in [-0.39, 0.29) is 30.0 Å². The lowest BCUT2D eigenvalue weighted by Gasteiger charge is -2.24. The monoisotopic (exact) mass is 461 g/mol. The van der Waals surface area contributed by atoms with Crippen LogP contribution in [-0.2, 0) is 0 Å². The first-order valence-corrected chi connectivity index (χ1v) is 9.01. The topological polar surface area (TPSA) is 69.8 Å². The molecule has 3 N–H and O–H groups in total. The zero-order valence-corrected chi connectivity index (χ0v) is 17.1. The van der Waals surface area contributed by atoms with E-state index in [4.69, 9.17) is 4.42 Å². The number of hydrogen-bond donors (Lipinski definition) is 3. The molecule has 1 aromatic carbocycles. The van der Waals surface area contributed by atoms with Crippen molar-refractivity contribution in [2.24, 2.45) is 4.99 Å². The van der Waals surface area contributed by atoms with Crippen molar-refractivity contribution in [1.82, 2.24) is 10.6 Å². The number of hydrogen-bond acceptors (Lipinski definition) is 4. The highest BCUT2D eigenvalue weighted by atomic mass is 127. The Bertz CT molecular complexity index is 665. The lowest BCUT2D eigenvalue weighted by atomic mass is 10.0. The van der Waals surface area contributed by atoms with E-state index in [1.54, 1.807) is 18.8 Å². The van der Waals surface area contributed by atoms with Crippen LogP contribution in [0.2, 0.25) is 0 Å². The highest BCUT2D eigenvalue weighted by Crippen LogP contribution is 2.27. The molecule has 2 aromatic rings. The molecule has 0 aliphatic carbocycles. The van der Waals surface area contributed by atoms with Gasteiger partial charge >= 0.3 is 0 Å². The smallest absolute Gasteiger partial charge is 0.191 e. The van der Waals surface area contributed by atoms with Crippen LogP contribution in [0.5, 0.6) is 0 Å². The fourth-order valence-electron chi connectivity index (χ4n) is 2.67. The first-order chi connectivity index (χ1) is 11.1. The average Bonchev–Trinajstić information content (AvgIpc) is 3.17. The second-order valence-electron chi connectivity index (χ2n) is 6.01. The summed E-state index contributed by atoms with van der Waals surface area (Å²) in [5, 5.41) is 18.0. The molecular formula is C17H24IN3O2S. The molecule has 1 aliphatic rings. The van der Waals surface area contributed by atoms with E-state index < -0.39 is 5.60 Å². The largest absolute Gasteiger partial charge is 0.459 e. The molecule has 5 nitrogen and oxygen atoms in total. The summed E-state index contributed by atoms with van der Waals surface area (Å²) >= 11 is 1.79. The molecule has 0 spiro atoms. The Hall–Kier alpha value is -0.930. The van der Waals surface area contributed by atoms with Crippen molar-refractivity contribution in [1.29, 1.82) is 0 Å². The maximum absolute atomic E-state index is 10.4. The summed E-state index contributed by atoms with van der Waals surface area (Å²) in [5.74, 6) is 3.32. The van der Waals surface area contributed by atoms with Gasteiger partial charge in [-0.05, 0) is 31.2 Å². The Labute approximate surface area is 163 Å². The molecule has 1 aromatic heterocycles. The number of rotatable bonds is 4. The second-order valence-corrected chi connectivity index (χ2v) is 7.11. The molecule has 0 bridgehead atoms. The van der Waals surface area contributed by atoms with Crippen molar-refractivity contribution in [3.05, 3.63) is 36.1 Å². The van der Waals surface area contributed by atoms with Gasteiger partial charge in [0.1, 0.15) is 11.3 Å². The van der Waals surface area contributed by atoms with Gasteiger partial charge in [-0.15, -0.1) is 24.0 Å². The van der Waals surface area contributed by atoms with Crippen molar-refractivity contribution >= 4 is 52.7 Å². The van der Waals surface area contributed by atoms with Crippen LogP contribution in [0.4, 0.5) is 0 Å². The van der Waals surface area contributed by atoms with Gasteiger partial charge in [0.25, 0.3) is 0 Å². The first kappa shape index (κ1) is 19.4. The number of para-hydroxylation sites is 1. The fraction of sp³-hybridized carbons (Fsp3) is 0.471. The molecule has 7 heteroatoms. The van der Waals surface area contributed by atoms with Gasteiger partial charge in [-0.2, -0.15) is 11.8 Å². The van der Waals surface area contributed by atoms with E-state index in [1.165, 1.54) is 0 Å². The Morgan fingerprint density at radius 1 is 1.46 bits per heavy atom. The number of benzene rings is 1. The predicted molar refractivity (Wildman–Crippen MR) is 111 cm³/mol. The van der Waals surface area contributed by atoms with Crippen LogP contribution in [0, 0.1) is 0 Å². The van der Waals surface area contributed by atoms with Crippen molar-refractivity contribution in [3.63, 3.8) is 0 Å². The van der Waals surface area contributed by atoms with Gasteiger partial charge in [-0.1, -0.05) is 18.2 Å². The quantitative estimate of drug-likeness (QED) is 0.371. The molecule has 0 amide bonds. The summed E-state index contributed by atoms with van der Waals surface area (Å²) in [5.41, 5.74) is 0.252. The molecule has 2 unspecified atom stereocenters. The fourth-order valence-corrected chi connectivity index (χ4v) is 3.97. The summed E-state index contributed by atoms with van der Waals surface area (Å²) in [4.78, 5) is 4.23. The highest BCUT2D eigenvalue weighted by Gasteiger charge is 2.31. The molecule has 1 saturated heterocycles. The van der Waals surface area contributed by atoms with E-state index in [0.717, 1.165) is 34.7 Å². The van der Waals surface area contributed by atoms with Crippen LogP contribution in [0.15, 0.2) is 39.7 Å². The van der Waals surface area contributed by atoms with E-state index >= 15 is 0 Å². The number of fused-ring (bicyclic) bond motifs is 1. The van der Waals surface area contributed by atoms with E-state index in [2.05, 4.69) is 15.6 Å². The van der Waals surface area contributed by atoms with Gasteiger partial charge in [0.05, 0.1) is 11.6 Å². The number of halogens is 1. The average molecular weight is 461 g/mol. The number of aliphatic hydroxyl groups is 1. The summed E-state index contributed by atoms with van der Waals surface area (Å²) < 4.78 is 5.87. The first-order valence-electron chi connectivity index (χ1n) is 7.85. The third kappa shape index (κ3) is 4.58. The predicted octanol–water partition coefficient (Wildman–Crippen LogP) is 3.14. The standard InChI is InChI=1S/C17H23N3O2S.HI/c1-12(15-9-13-5-3-4-6-14(13)22-15)20-16(18-2)19-10-17(21)7-8-23-11-17;/h3-6,9,12,21H,7-8,10-11H2,1-2H3,(H2,18,19,20);1H. The number of nitrogens with zero attached hydrogens (tertiary/aromatic N) is 1. The van der Waals surface area contributed by atoms with Gasteiger partial charge in [0.2, 0.25) is 0 Å².